The van der Waals surface area contributed by atoms with Gasteiger partial charge in [0.15, 0.2) is 5.58 Å². The van der Waals surface area contributed by atoms with Crippen LogP contribution in [0.25, 0.3) is 11.1 Å². The summed E-state index contributed by atoms with van der Waals surface area (Å²) in [6.45, 7) is 9.58. The van der Waals surface area contributed by atoms with Gasteiger partial charge in [-0.2, -0.15) is 0 Å². The number of hydrogen-bond acceptors (Lipinski definition) is 4. The number of nitrogens with one attached hydrogen (secondary N) is 1. The minimum Gasteiger partial charge on any atom is -0.481 e. The number of hydrogen-bond donors (Lipinski definition) is 2. The number of benzene rings is 1. The molecule has 130 valence electrons. The van der Waals surface area contributed by atoms with Crippen molar-refractivity contribution in [1.82, 2.24) is 4.98 Å². The standard InChI is InChI=1S/C18H24N2O4/c1-17(2,3)16-20-12-8-11(6-7-13(12)24-16)19-14(21)9-18(4,5)10-15(22)23/h6-8H,9-10H2,1-5H3,(H,19,21)(H,22,23). The summed E-state index contributed by atoms with van der Waals surface area (Å²) in [4.78, 5) is 27.5. The van der Waals surface area contributed by atoms with Crippen LogP contribution in [0.3, 0.4) is 0 Å². The van der Waals surface area contributed by atoms with Crippen LogP contribution in [-0.2, 0) is 15.0 Å². The van der Waals surface area contributed by atoms with Crippen LogP contribution >= 0.6 is 0 Å². The van der Waals surface area contributed by atoms with Crippen molar-refractivity contribution in [3.05, 3.63) is 24.1 Å². The Morgan fingerprint density at radius 1 is 1.17 bits per heavy atom. The fourth-order valence-corrected chi connectivity index (χ4v) is 2.44. The molecule has 0 aliphatic rings. The van der Waals surface area contributed by atoms with Crippen LogP contribution in [-0.4, -0.2) is 22.0 Å². The molecule has 0 radical (unpaired) electrons. The topological polar surface area (TPSA) is 92.4 Å². The van der Waals surface area contributed by atoms with E-state index in [0.29, 0.717) is 22.7 Å². The van der Waals surface area contributed by atoms with E-state index in [1.54, 1.807) is 32.0 Å². The van der Waals surface area contributed by atoms with E-state index in [9.17, 15) is 9.59 Å². The monoisotopic (exact) mass is 332 g/mol. The zero-order chi connectivity index (χ0) is 18.1. The molecule has 0 saturated heterocycles. The van der Waals surface area contributed by atoms with Crippen molar-refractivity contribution in [2.75, 3.05) is 5.32 Å². The molecule has 2 rings (SSSR count). The molecule has 1 aromatic carbocycles. The van der Waals surface area contributed by atoms with Crippen molar-refractivity contribution in [2.45, 2.75) is 52.9 Å². The molecule has 0 bridgehead atoms. The van der Waals surface area contributed by atoms with Gasteiger partial charge in [0.25, 0.3) is 0 Å². The van der Waals surface area contributed by atoms with Crippen LogP contribution in [0.4, 0.5) is 5.69 Å². The van der Waals surface area contributed by atoms with Crippen molar-refractivity contribution in [3.8, 4) is 0 Å². The lowest BCUT2D eigenvalue weighted by atomic mass is 9.85. The Balaban J connectivity index is 2.12. The van der Waals surface area contributed by atoms with E-state index in [2.05, 4.69) is 10.3 Å². The average Bonchev–Trinajstić information content (AvgIpc) is 2.78. The van der Waals surface area contributed by atoms with Gasteiger partial charge in [0.05, 0.1) is 6.42 Å². The van der Waals surface area contributed by atoms with Gasteiger partial charge in [0.2, 0.25) is 11.8 Å². The predicted molar refractivity (Wildman–Crippen MR) is 92.0 cm³/mol. The molecule has 1 amide bonds. The van der Waals surface area contributed by atoms with Crippen LogP contribution in [0.5, 0.6) is 0 Å². The second-order valence-electron chi connectivity index (χ2n) is 7.91. The molecule has 2 N–H and O–H groups in total. The number of carboxylic acids is 1. The smallest absolute Gasteiger partial charge is 0.303 e. The molecular formula is C18H24N2O4. The molecule has 0 saturated carbocycles. The Morgan fingerprint density at radius 3 is 2.42 bits per heavy atom. The SMILES string of the molecule is CC(C)(CC(=O)O)CC(=O)Nc1ccc2oc(C(C)(C)C)nc2c1. The third kappa shape index (κ3) is 4.57. The Morgan fingerprint density at radius 2 is 1.83 bits per heavy atom. The number of rotatable bonds is 5. The molecule has 0 fully saturated rings. The van der Waals surface area contributed by atoms with E-state index in [0.717, 1.165) is 0 Å². The number of nitrogens with zero attached hydrogens (tertiary/aromatic N) is 1. The van der Waals surface area contributed by atoms with Gasteiger partial charge in [0, 0.05) is 17.5 Å². The summed E-state index contributed by atoms with van der Waals surface area (Å²) in [5.74, 6) is -0.491. The largest absolute Gasteiger partial charge is 0.481 e. The van der Waals surface area contributed by atoms with Crippen LogP contribution in [0, 0.1) is 5.41 Å². The van der Waals surface area contributed by atoms with Crippen LogP contribution in [0.15, 0.2) is 22.6 Å². The van der Waals surface area contributed by atoms with Crippen LogP contribution < -0.4 is 5.32 Å². The highest BCUT2D eigenvalue weighted by molar-refractivity contribution is 5.93. The molecule has 0 aliphatic carbocycles. The maximum absolute atomic E-state index is 12.2. The molecule has 6 heteroatoms. The summed E-state index contributed by atoms with van der Waals surface area (Å²) in [5, 5.41) is 11.7. The highest BCUT2D eigenvalue weighted by Gasteiger charge is 2.25. The van der Waals surface area contributed by atoms with E-state index in [4.69, 9.17) is 9.52 Å². The molecule has 0 aliphatic heterocycles. The first kappa shape index (κ1) is 18.0. The first-order valence-corrected chi connectivity index (χ1v) is 7.89. The molecule has 1 aromatic heterocycles. The van der Waals surface area contributed by atoms with Gasteiger partial charge >= 0.3 is 5.97 Å². The quantitative estimate of drug-likeness (QED) is 0.864. The van der Waals surface area contributed by atoms with Gasteiger partial charge in [-0.05, 0) is 23.6 Å². The molecule has 24 heavy (non-hydrogen) atoms. The molecular weight excluding hydrogens is 308 g/mol. The van der Waals surface area contributed by atoms with Gasteiger partial charge in [-0.3, -0.25) is 9.59 Å². The minimum absolute atomic E-state index is 0.0579. The summed E-state index contributed by atoms with van der Waals surface area (Å²) >= 11 is 0. The molecule has 0 spiro atoms. The first-order valence-electron chi connectivity index (χ1n) is 7.89. The van der Waals surface area contributed by atoms with Crippen LogP contribution in [0.1, 0.15) is 53.4 Å². The first-order chi connectivity index (χ1) is 11.0. The summed E-state index contributed by atoms with van der Waals surface area (Å²) in [7, 11) is 0. The third-order valence-corrected chi connectivity index (χ3v) is 3.58. The van der Waals surface area contributed by atoms with Gasteiger partial charge in [0.1, 0.15) is 5.52 Å². The highest BCUT2D eigenvalue weighted by Crippen LogP contribution is 2.28. The lowest BCUT2D eigenvalue weighted by molar-refractivity contribution is -0.139. The Hall–Kier alpha value is -2.37. The molecule has 2 aromatic rings. The normalized spacial score (nSPS) is 12.4. The summed E-state index contributed by atoms with van der Waals surface area (Å²) in [5.41, 5.74) is 1.18. The van der Waals surface area contributed by atoms with Crippen molar-refractivity contribution >= 4 is 28.7 Å². The number of fused-ring (bicyclic) bond motifs is 1. The Kier molecular flexibility index (Phi) is 4.69. The number of aliphatic carboxylic acids is 1. The summed E-state index contributed by atoms with van der Waals surface area (Å²) in [6.07, 6.45) is 0.0705. The van der Waals surface area contributed by atoms with E-state index < -0.39 is 11.4 Å². The number of oxazole rings is 1. The Labute approximate surface area is 141 Å². The fourth-order valence-electron chi connectivity index (χ4n) is 2.44. The lowest BCUT2D eigenvalue weighted by Crippen LogP contribution is -2.24. The molecule has 0 atom stereocenters. The number of carbonyl (C=O) groups excluding carboxylic acids is 1. The maximum Gasteiger partial charge on any atom is 0.303 e. The minimum atomic E-state index is -0.911. The maximum atomic E-state index is 12.2. The number of amides is 1. The average molecular weight is 332 g/mol. The van der Waals surface area contributed by atoms with Gasteiger partial charge in [-0.15, -0.1) is 0 Å². The molecule has 1 heterocycles. The zero-order valence-electron chi connectivity index (χ0n) is 14.8. The lowest BCUT2D eigenvalue weighted by Gasteiger charge is -2.21. The van der Waals surface area contributed by atoms with E-state index in [-0.39, 0.29) is 24.2 Å². The molecule has 6 nitrogen and oxygen atoms in total. The van der Waals surface area contributed by atoms with Gasteiger partial charge in [-0.1, -0.05) is 34.6 Å². The second-order valence-corrected chi connectivity index (χ2v) is 7.91. The van der Waals surface area contributed by atoms with Crippen LogP contribution in [0.2, 0.25) is 0 Å². The molecule has 0 unspecified atom stereocenters. The van der Waals surface area contributed by atoms with E-state index in [1.165, 1.54) is 0 Å². The van der Waals surface area contributed by atoms with Crippen molar-refractivity contribution < 1.29 is 19.1 Å². The van der Waals surface area contributed by atoms with Gasteiger partial charge < -0.3 is 14.8 Å². The van der Waals surface area contributed by atoms with Crippen molar-refractivity contribution in [1.29, 1.82) is 0 Å². The van der Waals surface area contributed by atoms with Gasteiger partial charge in [-0.25, -0.2) is 4.98 Å². The summed E-state index contributed by atoms with van der Waals surface area (Å²) in [6, 6.07) is 5.29. The van der Waals surface area contributed by atoms with Crippen molar-refractivity contribution in [3.63, 3.8) is 0 Å². The Bertz CT molecular complexity index is 769. The summed E-state index contributed by atoms with van der Waals surface area (Å²) < 4.78 is 5.73. The number of anilines is 1. The second kappa shape index (κ2) is 6.26. The number of carboxylic acid groups (broad SMARTS) is 1. The predicted octanol–water partition coefficient (Wildman–Crippen LogP) is 3.95. The van der Waals surface area contributed by atoms with E-state index >= 15 is 0 Å². The third-order valence-electron chi connectivity index (χ3n) is 3.58. The van der Waals surface area contributed by atoms with Crippen molar-refractivity contribution in [2.24, 2.45) is 5.41 Å². The fraction of sp³-hybridized carbons (Fsp3) is 0.500. The number of aromatic nitrogens is 1. The van der Waals surface area contributed by atoms with E-state index in [1.807, 2.05) is 20.8 Å². The highest BCUT2D eigenvalue weighted by atomic mass is 16.4. The number of carbonyl (C=O) groups is 2. The zero-order valence-corrected chi connectivity index (χ0v) is 14.8.